The second-order valence-electron chi connectivity index (χ2n) is 6.92. The van der Waals surface area contributed by atoms with Gasteiger partial charge >= 0.3 is 5.97 Å². The van der Waals surface area contributed by atoms with Crippen molar-refractivity contribution in [3.63, 3.8) is 0 Å². The average Bonchev–Trinajstić information content (AvgIpc) is 2.92. The Morgan fingerprint density at radius 1 is 1.24 bits per heavy atom. The number of carboxylic acid groups (broad SMARTS) is 1. The van der Waals surface area contributed by atoms with Crippen molar-refractivity contribution >= 4 is 21.9 Å². The standard InChI is InChI=1S/C17H22N2O5S/c18-25(23,24)10-11-4-3-6-13(8-11)16(20)19-14-7-2-1-5-12(14)9-15(19)17(21)22/h3-4,6,8,12,14-15H,1-2,5,7,9-10H2,(H,21,22)(H2,18,23,24)/t12-,14+,15+/m1/s1. The van der Waals surface area contributed by atoms with Gasteiger partial charge in [-0.2, -0.15) is 0 Å². The first-order chi connectivity index (χ1) is 11.8. The molecule has 1 heterocycles. The van der Waals surface area contributed by atoms with Crippen LogP contribution >= 0.6 is 0 Å². The number of carboxylic acids is 1. The Morgan fingerprint density at radius 2 is 1.96 bits per heavy atom. The van der Waals surface area contributed by atoms with Gasteiger partial charge in [-0.05, 0) is 42.9 Å². The summed E-state index contributed by atoms with van der Waals surface area (Å²) in [6, 6.07) is 5.39. The van der Waals surface area contributed by atoms with Crippen LogP contribution in [0.5, 0.6) is 0 Å². The van der Waals surface area contributed by atoms with Crippen molar-refractivity contribution in [3.05, 3.63) is 35.4 Å². The first kappa shape index (κ1) is 17.9. The normalized spacial score (nSPS) is 26.3. The molecule has 0 bridgehead atoms. The molecule has 2 fully saturated rings. The molecule has 0 unspecified atom stereocenters. The van der Waals surface area contributed by atoms with E-state index in [1.807, 2.05) is 0 Å². The van der Waals surface area contributed by atoms with Crippen molar-refractivity contribution in [2.24, 2.45) is 11.1 Å². The number of sulfonamides is 1. The largest absolute Gasteiger partial charge is 0.480 e. The molecule has 0 spiro atoms. The van der Waals surface area contributed by atoms with Crippen LogP contribution in [0.3, 0.4) is 0 Å². The number of rotatable bonds is 4. The Morgan fingerprint density at radius 3 is 2.64 bits per heavy atom. The molecule has 1 aliphatic carbocycles. The van der Waals surface area contributed by atoms with E-state index in [0.717, 1.165) is 25.7 Å². The molecule has 1 aromatic carbocycles. The summed E-state index contributed by atoms with van der Waals surface area (Å²) < 4.78 is 22.5. The second-order valence-corrected chi connectivity index (χ2v) is 8.54. The Hall–Kier alpha value is -1.93. The SMILES string of the molecule is NS(=O)(=O)Cc1cccc(C(=O)N2[C@H](C(=O)O)C[C@H]3CCCC[C@@H]32)c1. The number of amides is 1. The lowest BCUT2D eigenvalue weighted by molar-refractivity contribution is -0.141. The summed E-state index contributed by atoms with van der Waals surface area (Å²) in [5.74, 6) is -1.46. The Kier molecular flexibility index (Phi) is 4.83. The third-order valence-corrected chi connectivity index (χ3v) is 5.89. The van der Waals surface area contributed by atoms with Crippen molar-refractivity contribution in [1.82, 2.24) is 4.90 Å². The number of nitrogens with zero attached hydrogens (tertiary/aromatic N) is 1. The van der Waals surface area contributed by atoms with Gasteiger partial charge in [-0.3, -0.25) is 4.79 Å². The maximum atomic E-state index is 13.0. The predicted molar refractivity (Wildman–Crippen MR) is 91.2 cm³/mol. The van der Waals surface area contributed by atoms with Gasteiger partial charge in [0, 0.05) is 11.6 Å². The van der Waals surface area contributed by atoms with Crippen molar-refractivity contribution in [2.75, 3.05) is 0 Å². The van der Waals surface area contributed by atoms with Crippen LogP contribution in [-0.4, -0.2) is 42.4 Å². The lowest BCUT2D eigenvalue weighted by Crippen LogP contribution is -2.46. The zero-order valence-corrected chi connectivity index (χ0v) is 14.6. The number of hydrogen-bond donors (Lipinski definition) is 2. The number of likely N-dealkylation sites (tertiary alicyclic amines) is 1. The number of carbonyl (C=O) groups excluding carboxylic acids is 1. The number of benzene rings is 1. The van der Waals surface area contributed by atoms with Gasteiger partial charge in [0.25, 0.3) is 5.91 Å². The molecule has 3 N–H and O–H groups in total. The van der Waals surface area contributed by atoms with E-state index in [9.17, 15) is 23.1 Å². The van der Waals surface area contributed by atoms with E-state index in [2.05, 4.69) is 0 Å². The van der Waals surface area contributed by atoms with E-state index >= 15 is 0 Å². The molecule has 1 saturated carbocycles. The minimum atomic E-state index is -3.70. The van der Waals surface area contributed by atoms with Crippen LogP contribution in [0.15, 0.2) is 24.3 Å². The smallest absolute Gasteiger partial charge is 0.326 e. The zero-order valence-electron chi connectivity index (χ0n) is 13.8. The van der Waals surface area contributed by atoms with E-state index in [1.54, 1.807) is 18.2 Å². The molecular formula is C17H22N2O5S. The predicted octanol–water partition coefficient (Wildman–Crippen LogP) is 1.33. The number of hydrogen-bond acceptors (Lipinski definition) is 4. The minimum Gasteiger partial charge on any atom is -0.480 e. The van der Waals surface area contributed by atoms with Crippen LogP contribution in [0.1, 0.15) is 48.0 Å². The quantitative estimate of drug-likeness (QED) is 0.833. The molecule has 0 radical (unpaired) electrons. The summed E-state index contributed by atoms with van der Waals surface area (Å²) in [5.41, 5.74) is 0.721. The second kappa shape index (κ2) is 6.76. The molecule has 7 nitrogen and oxygen atoms in total. The van der Waals surface area contributed by atoms with Gasteiger partial charge in [-0.1, -0.05) is 25.0 Å². The van der Waals surface area contributed by atoms with Gasteiger partial charge in [-0.15, -0.1) is 0 Å². The molecule has 1 aliphatic heterocycles. The molecule has 3 rings (SSSR count). The Labute approximate surface area is 146 Å². The van der Waals surface area contributed by atoms with Gasteiger partial charge < -0.3 is 10.0 Å². The highest BCUT2D eigenvalue weighted by molar-refractivity contribution is 7.88. The highest BCUT2D eigenvalue weighted by Crippen LogP contribution is 2.40. The fourth-order valence-corrected chi connectivity index (χ4v) is 4.79. The highest BCUT2D eigenvalue weighted by Gasteiger charge is 2.47. The number of fused-ring (bicyclic) bond motifs is 1. The van der Waals surface area contributed by atoms with Crippen LogP contribution in [-0.2, 0) is 20.6 Å². The number of nitrogens with two attached hydrogens (primary N) is 1. The average molecular weight is 366 g/mol. The maximum absolute atomic E-state index is 13.0. The van der Waals surface area contributed by atoms with Crippen molar-refractivity contribution < 1.29 is 23.1 Å². The van der Waals surface area contributed by atoms with E-state index in [0.29, 0.717) is 17.5 Å². The lowest BCUT2D eigenvalue weighted by atomic mass is 9.84. The lowest BCUT2D eigenvalue weighted by Gasteiger charge is -2.33. The summed E-state index contributed by atoms with van der Waals surface area (Å²) in [6.45, 7) is 0. The van der Waals surface area contributed by atoms with Crippen molar-refractivity contribution in [1.29, 1.82) is 0 Å². The zero-order chi connectivity index (χ0) is 18.2. The van der Waals surface area contributed by atoms with Gasteiger partial charge in [0.2, 0.25) is 10.0 Å². The van der Waals surface area contributed by atoms with Gasteiger partial charge in [-0.25, -0.2) is 18.4 Å². The van der Waals surface area contributed by atoms with Gasteiger partial charge in [0.1, 0.15) is 6.04 Å². The number of carbonyl (C=O) groups is 2. The first-order valence-electron chi connectivity index (χ1n) is 8.41. The monoisotopic (exact) mass is 366 g/mol. The number of aliphatic carboxylic acids is 1. The molecule has 25 heavy (non-hydrogen) atoms. The minimum absolute atomic E-state index is 0.0516. The third kappa shape index (κ3) is 3.85. The summed E-state index contributed by atoms with van der Waals surface area (Å²) >= 11 is 0. The van der Waals surface area contributed by atoms with E-state index < -0.39 is 22.0 Å². The molecule has 1 saturated heterocycles. The fraction of sp³-hybridized carbons (Fsp3) is 0.529. The van der Waals surface area contributed by atoms with Crippen LogP contribution in [0.25, 0.3) is 0 Å². The van der Waals surface area contributed by atoms with E-state index in [-0.39, 0.29) is 23.6 Å². The fourth-order valence-electron chi connectivity index (χ4n) is 4.15. The summed E-state index contributed by atoms with van der Waals surface area (Å²) in [5, 5.41) is 14.6. The first-order valence-corrected chi connectivity index (χ1v) is 10.1. The molecule has 1 aromatic rings. The van der Waals surface area contributed by atoms with Crippen LogP contribution in [0, 0.1) is 5.92 Å². The molecule has 136 valence electrons. The third-order valence-electron chi connectivity index (χ3n) is 5.15. The van der Waals surface area contributed by atoms with Gasteiger partial charge in [0.05, 0.1) is 5.75 Å². The van der Waals surface area contributed by atoms with Gasteiger partial charge in [0.15, 0.2) is 0 Å². The van der Waals surface area contributed by atoms with Crippen molar-refractivity contribution in [2.45, 2.75) is 49.9 Å². The summed E-state index contributed by atoms with van der Waals surface area (Å²) in [4.78, 5) is 26.2. The van der Waals surface area contributed by atoms with E-state index in [4.69, 9.17) is 5.14 Å². The Balaban J connectivity index is 1.90. The summed E-state index contributed by atoms with van der Waals surface area (Å²) in [7, 11) is -3.70. The Bertz CT molecular complexity index is 792. The highest BCUT2D eigenvalue weighted by atomic mass is 32.2. The molecule has 1 amide bonds. The molecule has 2 aliphatic rings. The van der Waals surface area contributed by atoms with Crippen LogP contribution in [0.2, 0.25) is 0 Å². The molecule has 8 heteroatoms. The number of primary sulfonamides is 1. The molecular weight excluding hydrogens is 344 g/mol. The summed E-state index contributed by atoms with van der Waals surface area (Å²) in [6.07, 6.45) is 4.31. The maximum Gasteiger partial charge on any atom is 0.326 e. The molecule has 0 aromatic heterocycles. The van der Waals surface area contributed by atoms with Crippen molar-refractivity contribution in [3.8, 4) is 0 Å². The molecule has 3 atom stereocenters. The van der Waals surface area contributed by atoms with Crippen LogP contribution in [0.4, 0.5) is 0 Å². The van der Waals surface area contributed by atoms with E-state index in [1.165, 1.54) is 11.0 Å². The van der Waals surface area contributed by atoms with Crippen LogP contribution < -0.4 is 5.14 Å². The topological polar surface area (TPSA) is 118 Å².